The first-order chi connectivity index (χ1) is 19.4. The molecule has 7 nitrogen and oxygen atoms in total. The molecule has 0 radical (unpaired) electrons. The average molecular weight is 536 g/mol. The third-order valence-corrected chi connectivity index (χ3v) is 6.10. The summed E-state index contributed by atoms with van der Waals surface area (Å²) in [6.07, 6.45) is 0. The Hall–Kier alpha value is -4.88. The molecule has 0 amide bonds. The normalized spacial score (nSPS) is 10.7. The SMILES string of the molecule is CN(CC(=O)c1ccccc1)CC(=O)c1ccc(OCC(=O)c2ccccc2)c(OCC(=O)c2ccccc2)c1. The van der Waals surface area contributed by atoms with E-state index >= 15 is 0 Å². The molecule has 4 aromatic rings. The van der Waals surface area contributed by atoms with E-state index in [0.717, 1.165) is 0 Å². The molecule has 0 fully saturated rings. The van der Waals surface area contributed by atoms with Gasteiger partial charge in [0, 0.05) is 22.3 Å². The number of benzene rings is 4. The smallest absolute Gasteiger partial charge is 0.200 e. The molecule has 0 aliphatic rings. The summed E-state index contributed by atoms with van der Waals surface area (Å²) in [6, 6.07) is 31.0. The van der Waals surface area contributed by atoms with E-state index in [1.54, 1.807) is 96.9 Å². The fraction of sp³-hybridized carbons (Fsp3) is 0.152. The molecule has 0 saturated carbocycles. The number of ether oxygens (including phenoxy) is 2. The standard InChI is InChI=1S/C33H29NO6/c1-34(20-28(35)24-11-5-2-6-12-24)21-29(36)27-17-18-32(39-22-30(37)25-13-7-3-8-14-25)33(19-27)40-23-31(38)26-15-9-4-10-16-26/h2-19H,20-23H2,1H3. The fourth-order valence-corrected chi connectivity index (χ4v) is 3.97. The number of nitrogens with zero attached hydrogens (tertiary/aromatic N) is 1. The topological polar surface area (TPSA) is 90.0 Å². The highest BCUT2D eigenvalue weighted by Gasteiger charge is 2.18. The van der Waals surface area contributed by atoms with Gasteiger partial charge in [-0.3, -0.25) is 24.1 Å². The molecule has 0 atom stereocenters. The van der Waals surface area contributed by atoms with E-state index < -0.39 is 0 Å². The first-order valence-corrected chi connectivity index (χ1v) is 12.8. The van der Waals surface area contributed by atoms with Crippen LogP contribution in [0.25, 0.3) is 0 Å². The molecule has 0 saturated heterocycles. The van der Waals surface area contributed by atoms with Crippen LogP contribution < -0.4 is 9.47 Å². The van der Waals surface area contributed by atoms with Crippen molar-refractivity contribution in [3.63, 3.8) is 0 Å². The molecular formula is C33H29NO6. The van der Waals surface area contributed by atoms with E-state index in [-0.39, 0.29) is 60.9 Å². The Labute approximate surface area is 233 Å². The van der Waals surface area contributed by atoms with E-state index in [2.05, 4.69) is 0 Å². The van der Waals surface area contributed by atoms with Crippen LogP contribution in [-0.2, 0) is 0 Å². The molecule has 4 aromatic carbocycles. The summed E-state index contributed by atoms with van der Waals surface area (Å²) < 4.78 is 11.6. The van der Waals surface area contributed by atoms with Crippen LogP contribution in [0.5, 0.6) is 11.5 Å². The largest absolute Gasteiger partial charge is 0.482 e. The number of rotatable bonds is 14. The van der Waals surface area contributed by atoms with E-state index in [9.17, 15) is 19.2 Å². The summed E-state index contributed by atoms with van der Waals surface area (Å²) in [5.74, 6) is -0.409. The van der Waals surface area contributed by atoms with Gasteiger partial charge in [-0.15, -0.1) is 0 Å². The van der Waals surface area contributed by atoms with Crippen LogP contribution in [0.1, 0.15) is 41.4 Å². The second-order valence-electron chi connectivity index (χ2n) is 9.20. The van der Waals surface area contributed by atoms with Crippen LogP contribution in [0.4, 0.5) is 0 Å². The third-order valence-electron chi connectivity index (χ3n) is 6.10. The quantitative estimate of drug-likeness (QED) is 0.205. The van der Waals surface area contributed by atoms with Gasteiger partial charge in [0.05, 0.1) is 13.1 Å². The molecule has 7 heteroatoms. The van der Waals surface area contributed by atoms with E-state index in [1.165, 1.54) is 6.07 Å². The highest BCUT2D eigenvalue weighted by Crippen LogP contribution is 2.29. The van der Waals surface area contributed by atoms with E-state index in [1.807, 2.05) is 18.2 Å². The maximum atomic E-state index is 13.1. The minimum absolute atomic E-state index is 0.00629. The van der Waals surface area contributed by atoms with E-state index in [0.29, 0.717) is 22.3 Å². The monoisotopic (exact) mass is 535 g/mol. The molecule has 4 rings (SSSR count). The number of likely N-dealkylation sites (N-methyl/N-ethyl adjacent to an activating group) is 1. The second-order valence-corrected chi connectivity index (χ2v) is 9.20. The molecule has 40 heavy (non-hydrogen) atoms. The molecule has 0 N–H and O–H groups in total. The average Bonchev–Trinajstić information content (AvgIpc) is 3.00. The maximum Gasteiger partial charge on any atom is 0.200 e. The van der Waals surface area contributed by atoms with Crippen LogP contribution in [-0.4, -0.2) is 61.4 Å². The molecule has 0 bridgehead atoms. The van der Waals surface area contributed by atoms with Gasteiger partial charge in [-0.05, 0) is 25.2 Å². The number of Topliss-reactive ketones (excluding diaryl/α,β-unsaturated/α-hetero) is 4. The highest BCUT2D eigenvalue weighted by molar-refractivity contribution is 6.01. The van der Waals surface area contributed by atoms with Crippen molar-refractivity contribution < 1.29 is 28.7 Å². The predicted octanol–water partition coefficient (Wildman–Crippen LogP) is 5.21. The molecule has 0 aliphatic heterocycles. The first-order valence-electron chi connectivity index (χ1n) is 12.8. The van der Waals surface area contributed by atoms with Gasteiger partial charge in [0.2, 0.25) is 0 Å². The Morgan fingerprint density at radius 2 is 0.900 bits per heavy atom. The minimum Gasteiger partial charge on any atom is -0.482 e. The molecule has 0 unspecified atom stereocenters. The number of ketones is 4. The van der Waals surface area contributed by atoms with Crippen LogP contribution in [0.3, 0.4) is 0 Å². The number of carbonyl (C=O) groups excluding carboxylic acids is 4. The first kappa shape index (κ1) is 28.1. The predicted molar refractivity (Wildman–Crippen MR) is 152 cm³/mol. The van der Waals surface area contributed by atoms with Gasteiger partial charge >= 0.3 is 0 Å². The lowest BCUT2D eigenvalue weighted by molar-refractivity contribution is 0.0888. The van der Waals surface area contributed by atoms with Crippen molar-refractivity contribution in [2.24, 2.45) is 0 Å². The van der Waals surface area contributed by atoms with Gasteiger partial charge in [-0.2, -0.15) is 0 Å². The van der Waals surface area contributed by atoms with Crippen molar-refractivity contribution in [1.82, 2.24) is 4.90 Å². The van der Waals surface area contributed by atoms with Crippen molar-refractivity contribution in [2.75, 3.05) is 33.4 Å². The Kier molecular flexibility index (Phi) is 9.69. The van der Waals surface area contributed by atoms with Crippen molar-refractivity contribution >= 4 is 23.1 Å². The van der Waals surface area contributed by atoms with Gasteiger partial charge in [0.25, 0.3) is 0 Å². The minimum atomic E-state index is -0.282. The van der Waals surface area contributed by atoms with Gasteiger partial charge in [-0.25, -0.2) is 0 Å². The molecular weight excluding hydrogens is 506 g/mol. The van der Waals surface area contributed by atoms with Crippen LogP contribution >= 0.6 is 0 Å². The molecule has 0 aromatic heterocycles. The van der Waals surface area contributed by atoms with Crippen LogP contribution in [0.15, 0.2) is 109 Å². The summed E-state index contributed by atoms with van der Waals surface area (Å²) in [5.41, 5.74) is 1.89. The van der Waals surface area contributed by atoms with Crippen molar-refractivity contribution in [3.8, 4) is 11.5 Å². The summed E-state index contributed by atoms with van der Waals surface area (Å²) in [7, 11) is 1.70. The summed E-state index contributed by atoms with van der Waals surface area (Å²) >= 11 is 0. The third kappa shape index (κ3) is 7.82. The van der Waals surface area contributed by atoms with Crippen LogP contribution in [0, 0.1) is 0 Å². The van der Waals surface area contributed by atoms with Crippen molar-refractivity contribution in [1.29, 1.82) is 0 Å². The summed E-state index contributed by atoms with van der Waals surface area (Å²) in [5, 5.41) is 0. The highest BCUT2D eigenvalue weighted by atomic mass is 16.5. The van der Waals surface area contributed by atoms with Gasteiger partial charge < -0.3 is 9.47 Å². The van der Waals surface area contributed by atoms with Gasteiger partial charge in [0.1, 0.15) is 0 Å². The molecule has 0 spiro atoms. The Morgan fingerprint density at radius 1 is 0.500 bits per heavy atom. The Bertz CT molecular complexity index is 1470. The number of hydrogen-bond acceptors (Lipinski definition) is 7. The summed E-state index contributed by atoms with van der Waals surface area (Å²) in [4.78, 5) is 52.4. The zero-order chi connectivity index (χ0) is 28.3. The van der Waals surface area contributed by atoms with E-state index in [4.69, 9.17) is 9.47 Å². The summed E-state index contributed by atoms with van der Waals surface area (Å²) in [6.45, 7) is -0.456. The second kappa shape index (κ2) is 13.8. The zero-order valence-electron chi connectivity index (χ0n) is 22.1. The lowest BCUT2D eigenvalue weighted by atomic mass is 10.1. The maximum absolute atomic E-state index is 13.1. The molecule has 0 aliphatic carbocycles. The molecule has 0 heterocycles. The lowest BCUT2D eigenvalue weighted by Crippen LogP contribution is -2.31. The van der Waals surface area contributed by atoms with Crippen LogP contribution in [0.2, 0.25) is 0 Å². The van der Waals surface area contributed by atoms with Crippen molar-refractivity contribution in [2.45, 2.75) is 0 Å². The fourth-order valence-electron chi connectivity index (χ4n) is 3.97. The lowest BCUT2D eigenvalue weighted by Gasteiger charge is -2.17. The Balaban J connectivity index is 1.46. The Morgan fingerprint density at radius 3 is 1.38 bits per heavy atom. The van der Waals surface area contributed by atoms with Gasteiger partial charge in [-0.1, -0.05) is 91.0 Å². The van der Waals surface area contributed by atoms with Gasteiger partial charge in [0.15, 0.2) is 47.8 Å². The number of carbonyl (C=O) groups is 4. The van der Waals surface area contributed by atoms with Crippen molar-refractivity contribution in [3.05, 3.63) is 131 Å². The molecule has 202 valence electrons. The zero-order valence-corrected chi connectivity index (χ0v) is 22.1. The number of hydrogen-bond donors (Lipinski definition) is 0.